The molecule has 7 nitrogen and oxygen atoms in total. The zero-order valence-corrected chi connectivity index (χ0v) is 14.0. The van der Waals surface area contributed by atoms with Gasteiger partial charge in [0.15, 0.2) is 11.3 Å². The van der Waals surface area contributed by atoms with E-state index in [1.54, 1.807) is 45.4 Å². The molecule has 0 atom stereocenters. The smallest absolute Gasteiger partial charge is 0.255 e. The highest BCUT2D eigenvalue weighted by Gasteiger charge is 2.40. The molecular weight excluding hydrogens is 306 g/mol. The number of nitrogens with zero attached hydrogens (tertiary/aromatic N) is 4. The van der Waals surface area contributed by atoms with Crippen LogP contribution >= 0.6 is 0 Å². The van der Waals surface area contributed by atoms with Gasteiger partial charge in [-0.1, -0.05) is 0 Å². The summed E-state index contributed by atoms with van der Waals surface area (Å²) in [4.78, 5) is 16.5. The van der Waals surface area contributed by atoms with Crippen molar-refractivity contribution < 1.29 is 9.53 Å². The third kappa shape index (κ3) is 3.47. The number of nitriles is 2. The van der Waals surface area contributed by atoms with Crippen molar-refractivity contribution in [2.24, 2.45) is 0 Å². The molecule has 2 heterocycles. The maximum atomic E-state index is 12.5. The summed E-state index contributed by atoms with van der Waals surface area (Å²) in [5, 5.41) is 21.0. The Labute approximate surface area is 140 Å². The van der Waals surface area contributed by atoms with E-state index in [2.05, 4.69) is 10.3 Å². The Kier molecular flexibility index (Phi) is 5.05. The number of allylic oxidation sites excluding steroid dienone is 1. The summed E-state index contributed by atoms with van der Waals surface area (Å²) in [6, 6.07) is 3.58. The van der Waals surface area contributed by atoms with Crippen LogP contribution in [0.4, 0.5) is 0 Å². The first-order valence-corrected chi connectivity index (χ1v) is 7.60. The van der Waals surface area contributed by atoms with E-state index in [-0.39, 0.29) is 22.8 Å². The van der Waals surface area contributed by atoms with E-state index in [1.165, 1.54) is 0 Å². The number of ether oxygens (including phenoxy) is 1. The minimum atomic E-state index is -0.724. The second kappa shape index (κ2) is 7.01. The fraction of sp³-hybridized carbons (Fsp3) is 0.412. The molecule has 0 radical (unpaired) electrons. The van der Waals surface area contributed by atoms with Gasteiger partial charge in [-0.05, 0) is 32.8 Å². The number of carbonyl (C=O) groups is 1. The van der Waals surface area contributed by atoms with Crippen molar-refractivity contribution in [1.29, 1.82) is 10.5 Å². The predicted molar refractivity (Wildman–Crippen MR) is 86.0 cm³/mol. The number of imidazole rings is 1. The van der Waals surface area contributed by atoms with Crippen molar-refractivity contribution >= 4 is 5.91 Å². The highest BCUT2D eigenvalue weighted by molar-refractivity contribution is 5.99. The molecule has 24 heavy (non-hydrogen) atoms. The topological polar surface area (TPSA) is 104 Å². The summed E-state index contributed by atoms with van der Waals surface area (Å²) in [6.07, 6.45) is 6.01. The van der Waals surface area contributed by atoms with Gasteiger partial charge < -0.3 is 14.6 Å². The van der Waals surface area contributed by atoms with E-state index in [1.807, 2.05) is 10.8 Å². The van der Waals surface area contributed by atoms with Crippen molar-refractivity contribution in [3.05, 3.63) is 41.2 Å². The van der Waals surface area contributed by atoms with Crippen LogP contribution in [0.5, 0.6) is 0 Å². The molecule has 1 amide bonds. The van der Waals surface area contributed by atoms with Crippen molar-refractivity contribution in [3.63, 3.8) is 0 Å². The number of nitrogens with one attached hydrogen (secondary N) is 1. The van der Waals surface area contributed by atoms with Gasteiger partial charge >= 0.3 is 0 Å². The Morgan fingerprint density at radius 2 is 2.12 bits per heavy atom. The van der Waals surface area contributed by atoms with E-state index >= 15 is 0 Å². The largest absolute Gasteiger partial charge is 0.480 e. The number of aromatic nitrogens is 2. The summed E-state index contributed by atoms with van der Waals surface area (Å²) in [7, 11) is 0. The molecule has 0 unspecified atom stereocenters. The Morgan fingerprint density at radius 1 is 1.42 bits per heavy atom. The van der Waals surface area contributed by atoms with Crippen LogP contribution in [-0.4, -0.2) is 27.6 Å². The number of rotatable bonds is 5. The second-order valence-corrected chi connectivity index (χ2v) is 5.95. The van der Waals surface area contributed by atoms with Crippen LogP contribution in [0.2, 0.25) is 0 Å². The summed E-state index contributed by atoms with van der Waals surface area (Å²) in [5.41, 5.74) is 0.0643. The lowest BCUT2D eigenvalue weighted by molar-refractivity contribution is -0.117. The van der Waals surface area contributed by atoms with Gasteiger partial charge in [0.2, 0.25) is 0 Å². The molecule has 1 aromatic rings. The molecule has 0 aromatic carbocycles. The van der Waals surface area contributed by atoms with Gasteiger partial charge in [0, 0.05) is 25.5 Å². The van der Waals surface area contributed by atoms with E-state index in [9.17, 15) is 4.79 Å². The van der Waals surface area contributed by atoms with Gasteiger partial charge in [0.05, 0.1) is 11.9 Å². The standard InChI is InChI=1S/C17H19N5O2/c1-12-14(15(13(9-18)10-19)24-17(12,2)3)16(23)21-5-4-7-22-8-6-20-11-22/h6,8,11H,4-5,7H2,1-3H3,(H,21,23). The lowest BCUT2D eigenvalue weighted by Crippen LogP contribution is -2.27. The fourth-order valence-electron chi connectivity index (χ4n) is 2.40. The average Bonchev–Trinajstić information content (AvgIpc) is 3.12. The minimum Gasteiger partial charge on any atom is -0.480 e. The van der Waals surface area contributed by atoms with Crippen LogP contribution < -0.4 is 5.32 Å². The number of hydrogen-bond donors (Lipinski definition) is 1. The van der Waals surface area contributed by atoms with Crippen molar-refractivity contribution in [2.75, 3.05) is 6.54 Å². The molecule has 1 aromatic heterocycles. The van der Waals surface area contributed by atoms with Crippen LogP contribution in [0, 0.1) is 22.7 Å². The molecule has 0 bridgehead atoms. The highest BCUT2D eigenvalue weighted by atomic mass is 16.5. The van der Waals surface area contributed by atoms with E-state index < -0.39 is 5.60 Å². The highest BCUT2D eigenvalue weighted by Crippen LogP contribution is 2.39. The fourth-order valence-corrected chi connectivity index (χ4v) is 2.40. The van der Waals surface area contributed by atoms with Crippen molar-refractivity contribution in [3.8, 4) is 12.1 Å². The maximum absolute atomic E-state index is 12.5. The van der Waals surface area contributed by atoms with Gasteiger partial charge in [-0.3, -0.25) is 4.79 Å². The third-order valence-electron chi connectivity index (χ3n) is 3.98. The van der Waals surface area contributed by atoms with Crippen LogP contribution in [-0.2, 0) is 16.1 Å². The molecule has 1 aliphatic rings. The maximum Gasteiger partial charge on any atom is 0.255 e. The quantitative estimate of drug-likeness (QED) is 0.657. The molecule has 1 aliphatic heterocycles. The summed E-state index contributed by atoms with van der Waals surface area (Å²) >= 11 is 0. The molecule has 0 spiro atoms. The second-order valence-electron chi connectivity index (χ2n) is 5.95. The molecule has 7 heteroatoms. The molecule has 1 N–H and O–H groups in total. The molecule has 2 rings (SSSR count). The van der Waals surface area contributed by atoms with Gasteiger partial charge in [-0.25, -0.2) is 4.98 Å². The molecular formula is C17H19N5O2. The molecule has 0 saturated carbocycles. The van der Waals surface area contributed by atoms with E-state index in [0.29, 0.717) is 12.1 Å². The molecule has 124 valence electrons. The molecule has 0 saturated heterocycles. The van der Waals surface area contributed by atoms with Crippen molar-refractivity contribution in [1.82, 2.24) is 14.9 Å². The zero-order chi connectivity index (χ0) is 17.7. The van der Waals surface area contributed by atoms with E-state index in [0.717, 1.165) is 13.0 Å². The van der Waals surface area contributed by atoms with Crippen LogP contribution in [0.15, 0.2) is 41.2 Å². The lowest BCUT2D eigenvalue weighted by atomic mass is 9.96. The normalized spacial score (nSPS) is 15.5. The Hall–Kier alpha value is -3.06. The van der Waals surface area contributed by atoms with Gasteiger partial charge in [-0.15, -0.1) is 0 Å². The lowest BCUT2D eigenvalue weighted by Gasteiger charge is -2.20. The first-order valence-electron chi connectivity index (χ1n) is 7.60. The summed E-state index contributed by atoms with van der Waals surface area (Å²) in [5.74, 6) is -0.267. The first kappa shape index (κ1) is 17.3. The van der Waals surface area contributed by atoms with Gasteiger partial charge in [0.1, 0.15) is 17.7 Å². The van der Waals surface area contributed by atoms with Crippen LogP contribution in [0.3, 0.4) is 0 Å². The number of aryl methyl sites for hydroxylation is 1. The SMILES string of the molecule is CC1=C(C(=O)NCCCn2ccnc2)C(=C(C#N)C#N)OC1(C)C. The van der Waals surface area contributed by atoms with Gasteiger partial charge in [0.25, 0.3) is 5.91 Å². The van der Waals surface area contributed by atoms with Crippen molar-refractivity contribution in [2.45, 2.75) is 39.3 Å². The van der Waals surface area contributed by atoms with Crippen LogP contribution in [0.1, 0.15) is 27.2 Å². The molecule has 0 fully saturated rings. The zero-order valence-electron chi connectivity index (χ0n) is 14.0. The van der Waals surface area contributed by atoms with Crippen LogP contribution in [0.25, 0.3) is 0 Å². The minimum absolute atomic E-state index is 0.0645. The average molecular weight is 325 g/mol. The Balaban J connectivity index is 2.10. The summed E-state index contributed by atoms with van der Waals surface area (Å²) in [6.45, 7) is 6.59. The predicted octanol–water partition coefficient (Wildman–Crippen LogP) is 1.82. The van der Waals surface area contributed by atoms with E-state index in [4.69, 9.17) is 15.3 Å². The summed E-state index contributed by atoms with van der Waals surface area (Å²) < 4.78 is 7.62. The number of carbonyl (C=O) groups excluding carboxylic acids is 1. The monoisotopic (exact) mass is 325 g/mol. The first-order chi connectivity index (χ1) is 11.4. The number of amides is 1. The number of hydrogen-bond acceptors (Lipinski definition) is 5. The third-order valence-corrected chi connectivity index (χ3v) is 3.98. The Morgan fingerprint density at radius 3 is 2.71 bits per heavy atom. The molecule has 0 aliphatic carbocycles. The van der Waals surface area contributed by atoms with Gasteiger partial charge in [-0.2, -0.15) is 10.5 Å². The Bertz CT molecular complexity index is 757.